The first-order valence-corrected chi connectivity index (χ1v) is 9.63. The van der Waals surface area contributed by atoms with E-state index in [0.29, 0.717) is 24.0 Å². The molecular formula is C21H27Cl2F3N4O. The van der Waals surface area contributed by atoms with Gasteiger partial charge in [0.05, 0.1) is 5.56 Å². The highest BCUT2D eigenvalue weighted by Crippen LogP contribution is 2.28. The molecule has 1 aromatic carbocycles. The van der Waals surface area contributed by atoms with Crippen LogP contribution in [0.15, 0.2) is 42.6 Å². The van der Waals surface area contributed by atoms with Crippen molar-refractivity contribution in [2.45, 2.75) is 32.6 Å². The largest absolute Gasteiger partial charge is 0.417 e. The van der Waals surface area contributed by atoms with Crippen LogP contribution in [0, 0.1) is 0 Å². The van der Waals surface area contributed by atoms with Crippen molar-refractivity contribution in [3.8, 4) is 0 Å². The Morgan fingerprint density at radius 3 is 2.13 bits per heavy atom. The zero-order valence-electron chi connectivity index (χ0n) is 17.4. The molecule has 31 heavy (non-hydrogen) atoms. The van der Waals surface area contributed by atoms with Crippen molar-refractivity contribution in [1.29, 1.82) is 0 Å². The highest BCUT2D eigenvalue weighted by molar-refractivity contribution is 5.94. The normalized spacial score (nSPS) is 14.6. The predicted molar refractivity (Wildman–Crippen MR) is 120 cm³/mol. The van der Waals surface area contributed by atoms with Gasteiger partial charge in [-0.15, -0.1) is 24.8 Å². The first kappa shape index (κ1) is 27.0. The standard InChI is InChI=1S/C21H25F3N4O.2ClH/c1-15(2)27-9-11-28(12-10-27)20(29)17-5-3-16(4-6-17)13-25-19-8-7-18(14-26-19)21(22,23)24;;/h3-8,14-15H,9-13H2,1-2H3,(H,25,26);2*1H. The molecule has 1 saturated heterocycles. The maximum atomic E-state index is 12.7. The molecular weight excluding hydrogens is 452 g/mol. The Morgan fingerprint density at radius 2 is 1.65 bits per heavy atom. The molecule has 172 valence electrons. The summed E-state index contributed by atoms with van der Waals surface area (Å²) in [5.74, 6) is 0.387. The summed E-state index contributed by atoms with van der Waals surface area (Å²) in [5, 5.41) is 2.99. The lowest BCUT2D eigenvalue weighted by Crippen LogP contribution is -2.50. The molecule has 0 atom stereocenters. The van der Waals surface area contributed by atoms with Gasteiger partial charge in [-0.1, -0.05) is 12.1 Å². The van der Waals surface area contributed by atoms with Gasteiger partial charge in [0, 0.05) is 50.5 Å². The summed E-state index contributed by atoms with van der Waals surface area (Å²) < 4.78 is 37.7. The molecule has 0 bridgehead atoms. The fourth-order valence-electron chi connectivity index (χ4n) is 3.25. The van der Waals surface area contributed by atoms with E-state index < -0.39 is 11.7 Å². The molecule has 1 fully saturated rings. The van der Waals surface area contributed by atoms with Crippen molar-refractivity contribution in [2.24, 2.45) is 0 Å². The summed E-state index contributed by atoms with van der Waals surface area (Å²) in [4.78, 5) is 20.7. The van der Waals surface area contributed by atoms with Gasteiger partial charge < -0.3 is 10.2 Å². The lowest BCUT2D eigenvalue weighted by molar-refractivity contribution is -0.137. The SMILES string of the molecule is CC(C)N1CCN(C(=O)c2ccc(CNc3ccc(C(F)(F)F)cn3)cc2)CC1.Cl.Cl. The van der Waals surface area contributed by atoms with E-state index in [-0.39, 0.29) is 30.7 Å². The zero-order valence-corrected chi connectivity index (χ0v) is 19.0. The number of hydrogen-bond donors (Lipinski definition) is 1. The minimum atomic E-state index is -4.39. The Bertz CT molecular complexity index is 822. The van der Waals surface area contributed by atoms with Crippen LogP contribution in [0.3, 0.4) is 0 Å². The van der Waals surface area contributed by atoms with Crippen molar-refractivity contribution in [1.82, 2.24) is 14.8 Å². The molecule has 0 radical (unpaired) electrons. The third kappa shape index (κ3) is 7.26. The Labute approximate surface area is 192 Å². The van der Waals surface area contributed by atoms with Gasteiger partial charge in [-0.05, 0) is 43.7 Å². The van der Waals surface area contributed by atoms with Crippen LogP contribution in [0.25, 0.3) is 0 Å². The molecule has 10 heteroatoms. The monoisotopic (exact) mass is 478 g/mol. The van der Waals surface area contributed by atoms with Gasteiger partial charge in [0.15, 0.2) is 0 Å². The molecule has 1 aliphatic heterocycles. The van der Waals surface area contributed by atoms with E-state index in [1.54, 1.807) is 12.1 Å². The van der Waals surface area contributed by atoms with Crippen molar-refractivity contribution >= 4 is 36.5 Å². The Hall–Kier alpha value is -2.03. The molecule has 1 amide bonds. The summed E-state index contributed by atoms with van der Waals surface area (Å²) in [7, 11) is 0. The summed E-state index contributed by atoms with van der Waals surface area (Å²) in [6.07, 6.45) is -3.58. The minimum Gasteiger partial charge on any atom is -0.366 e. The molecule has 0 aliphatic carbocycles. The molecule has 1 N–H and O–H groups in total. The highest BCUT2D eigenvalue weighted by atomic mass is 35.5. The number of pyridine rings is 1. The van der Waals surface area contributed by atoms with Crippen LogP contribution >= 0.6 is 24.8 Å². The molecule has 2 aromatic rings. The van der Waals surface area contributed by atoms with Crippen molar-refractivity contribution in [2.75, 3.05) is 31.5 Å². The number of carbonyl (C=O) groups is 1. The first-order chi connectivity index (χ1) is 13.7. The van der Waals surface area contributed by atoms with E-state index in [1.807, 2.05) is 17.0 Å². The number of rotatable bonds is 5. The van der Waals surface area contributed by atoms with Crippen molar-refractivity contribution < 1.29 is 18.0 Å². The maximum Gasteiger partial charge on any atom is 0.417 e. The average Bonchev–Trinajstić information content (AvgIpc) is 2.72. The Balaban J connectivity index is 0.00000240. The van der Waals surface area contributed by atoms with Crippen LogP contribution in [0.4, 0.5) is 19.0 Å². The molecule has 3 rings (SSSR count). The summed E-state index contributed by atoms with van der Waals surface area (Å²) in [6.45, 7) is 7.92. The quantitative estimate of drug-likeness (QED) is 0.675. The topological polar surface area (TPSA) is 48.5 Å². The molecule has 1 aromatic heterocycles. The molecule has 2 heterocycles. The van der Waals surface area contributed by atoms with Gasteiger partial charge in [-0.25, -0.2) is 4.98 Å². The van der Waals surface area contributed by atoms with Gasteiger partial charge in [-0.3, -0.25) is 9.69 Å². The molecule has 5 nitrogen and oxygen atoms in total. The van der Waals surface area contributed by atoms with E-state index in [4.69, 9.17) is 0 Å². The van der Waals surface area contributed by atoms with Crippen LogP contribution in [0.1, 0.15) is 35.3 Å². The third-order valence-electron chi connectivity index (χ3n) is 5.10. The predicted octanol–water partition coefficient (Wildman–Crippen LogP) is 4.72. The maximum absolute atomic E-state index is 12.7. The summed E-state index contributed by atoms with van der Waals surface area (Å²) in [5.41, 5.74) is 0.771. The first-order valence-electron chi connectivity index (χ1n) is 9.63. The molecule has 1 aliphatic rings. The second-order valence-corrected chi connectivity index (χ2v) is 7.40. The van der Waals surface area contributed by atoms with Gasteiger partial charge >= 0.3 is 6.18 Å². The number of aromatic nitrogens is 1. The van der Waals surface area contributed by atoms with E-state index in [1.165, 1.54) is 6.07 Å². The smallest absolute Gasteiger partial charge is 0.366 e. The van der Waals surface area contributed by atoms with Gasteiger partial charge in [0.1, 0.15) is 5.82 Å². The molecule has 0 unspecified atom stereocenters. The van der Waals surface area contributed by atoms with Gasteiger partial charge in [0.2, 0.25) is 0 Å². The number of piperazine rings is 1. The van der Waals surface area contributed by atoms with Crippen LogP contribution < -0.4 is 5.32 Å². The highest BCUT2D eigenvalue weighted by Gasteiger charge is 2.30. The van der Waals surface area contributed by atoms with E-state index >= 15 is 0 Å². The number of halogens is 5. The number of alkyl halides is 3. The van der Waals surface area contributed by atoms with Gasteiger partial charge in [-0.2, -0.15) is 13.2 Å². The van der Waals surface area contributed by atoms with Crippen LogP contribution in [-0.2, 0) is 12.7 Å². The molecule has 0 spiro atoms. The average molecular weight is 479 g/mol. The minimum absolute atomic E-state index is 0. The van der Waals surface area contributed by atoms with E-state index in [9.17, 15) is 18.0 Å². The fraction of sp³-hybridized carbons (Fsp3) is 0.429. The third-order valence-corrected chi connectivity index (χ3v) is 5.10. The number of hydrogen-bond acceptors (Lipinski definition) is 4. The summed E-state index contributed by atoms with van der Waals surface area (Å²) >= 11 is 0. The van der Waals surface area contributed by atoms with Gasteiger partial charge in [0.25, 0.3) is 5.91 Å². The van der Waals surface area contributed by atoms with Crippen LogP contribution in [0.2, 0.25) is 0 Å². The number of nitrogens with zero attached hydrogens (tertiary/aromatic N) is 3. The second kappa shape index (κ2) is 11.5. The second-order valence-electron chi connectivity index (χ2n) is 7.40. The lowest BCUT2D eigenvalue weighted by atomic mass is 10.1. The number of benzene rings is 1. The lowest BCUT2D eigenvalue weighted by Gasteiger charge is -2.37. The number of nitrogens with one attached hydrogen (secondary N) is 1. The Kier molecular flexibility index (Phi) is 10.1. The number of carbonyl (C=O) groups excluding carboxylic acids is 1. The van der Waals surface area contributed by atoms with Crippen molar-refractivity contribution in [3.05, 3.63) is 59.3 Å². The van der Waals surface area contributed by atoms with E-state index in [2.05, 4.69) is 29.0 Å². The number of amides is 1. The fourth-order valence-corrected chi connectivity index (χ4v) is 3.25. The molecule has 0 saturated carbocycles. The van der Waals surface area contributed by atoms with Crippen LogP contribution in [-0.4, -0.2) is 52.9 Å². The summed E-state index contributed by atoms with van der Waals surface area (Å²) in [6, 6.07) is 10.0. The van der Waals surface area contributed by atoms with Crippen LogP contribution in [0.5, 0.6) is 0 Å². The number of anilines is 1. The zero-order chi connectivity index (χ0) is 21.0. The van der Waals surface area contributed by atoms with E-state index in [0.717, 1.165) is 44.0 Å². The van der Waals surface area contributed by atoms with Crippen molar-refractivity contribution in [3.63, 3.8) is 0 Å². The Morgan fingerprint density at radius 1 is 1.03 bits per heavy atom.